The van der Waals surface area contributed by atoms with Gasteiger partial charge in [0, 0.05) is 4.91 Å². The molecule has 0 amide bonds. The highest BCUT2D eigenvalue weighted by atomic mass is 32.2. The SMILES string of the molecule is C=C(CCCC)S(=O)(=O)c1ccccc1. The molecule has 0 aliphatic carbocycles. The van der Waals surface area contributed by atoms with Crippen molar-refractivity contribution in [3.63, 3.8) is 0 Å². The molecule has 2 nitrogen and oxygen atoms in total. The molecule has 0 heterocycles. The second-order valence-corrected chi connectivity index (χ2v) is 5.51. The average Bonchev–Trinajstić information content (AvgIpc) is 2.27. The van der Waals surface area contributed by atoms with E-state index >= 15 is 0 Å². The number of unbranched alkanes of at least 4 members (excludes halogenated alkanes) is 1. The summed E-state index contributed by atoms with van der Waals surface area (Å²) in [6.45, 7) is 5.68. The Morgan fingerprint density at radius 3 is 2.40 bits per heavy atom. The van der Waals surface area contributed by atoms with Crippen molar-refractivity contribution in [2.45, 2.75) is 31.1 Å². The first-order valence-corrected chi connectivity index (χ1v) is 6.55. The van der Waals surface area contributed by atoms with Crippen LogP contribution in [-0.4, -0.2) is 8.42 Å². The van der Waals surface area contributed by atoms with Gasteiger partial charge in [-0.3, -0.25) is 0 Å². The van der Waals surface area contributed by atoms with Crippen LogP contribution in [0.2, 0.25) is 0 Å². The summed E-state index contributed by atoms with van der Waals surface area (Å²) in [4.78, 5) is 0.654. The zero-order valence-electron chi connectivity index (χ0n) is 8.94. The van der Waals surface area contributed by atoms with Gasteiger partial charge >= 0.3 is 0 Å². The van der Waals surface area contributed by atoms with Gasteiger partial charge in [0.25, 0.3) is 0 Å². The highest BCUT2D eigenvalue weighted by Gasteiger charge is 2.17. The molecule has 0 saturated heterocycles. The summed E-state index contributed by atoms with van der Waals surface area (Å²) in [5, 5.41) is 0. The number of allylic oxidation sites excluding steroid dienone is 1. The lowest BCUT2D eigenvalue weighted by Gasteiger charge is -2.06. The van der Waals surface area contributed by atoms with Crippen molar-refractivity contribution >= 4 is 9.84 Å². The van der Waals surface area contributed by atoms with Gasteiger partial charge in [-0.25, -0.2) is 8.42 Å². The maximum absolute atomic E-state index is 11.9. The van der Waals surface area contributed by atoms with E-state index in [0.29, 0.717) is 16.2 Å². The largest absolute Gasteiger partial charge is 0.219 e. The first-order valence-electron chi connectivity index (χ1n) is 5.07. The van der Waals surface area contributed by atoms with Crippen LogP contribution < -0.4 is 0 Å². The predicted octanol–water partition coefficient (Wildman–Crippen LogP) is 3.16. The highest BCUT2D eigenvalue weighted by molar-refractivity contribution is 7.95. The predicted molar refractivity (Wildman–Crippen MR) is 62.3 cm³/mol. The summed E-state index contributed by atoms with van der Waals surface area (Å²) in [5.41, 5.74) is 0. The van der Waals surface area contributed by atoms with E-state index in [0.717, 1.165) is 12.8 Å². The van der Waals surface area contributed by atoms with Crippen molar-refractivity contribution in [3.8, 4) is 0 Å². The maximum Gasteiger partial charge on any atom is 0.202 e. The molecule has 0 atom stereocenters. The summed E-state index contributed by atoms with van der Waals surface area (Å²) in [7, 11) is -3.31. The minimum Gasteiger partial charge on any atom is -0.219 e. The molecule has 0 N–H and O–H groups in total. The molecule has 0 saturated carbocycles. The molecule has 82 valence electrons. The standard InChI is InChI=1S/C12H16O2S/c1-3-4-8-11(2)15(13,14)12-9-6-5-7-10-12/h5-7,9-10H,2-4,8H2,1H3. The fourth-order valence-corrected chi connectivity index (χ4v) is 2.54. The van der Waals surface area contributed by atoms with Crippen LogP contribution in [0, 0.1) is 0 Å². The van der Waals surface area contributed by atoms with Gasteiger partial charge in [0.2, 0.25) is 9.84 Å². The van der Waals surface area contributed by atoms with Crippen molar-refractivity contribution < 1.29 is 8.42 Å². The van der Waals surface area contributed by atoms with Crippen LogP contribution in [0.15, 0.2) is 46.7 Å². The van der Waals surface area contributed by atoms with E-state index < -0.39 is 9.84 Å². The summed E-state index contributed by atoms with van der Waals surface area (Å²) in [6, 6.07) is 8.45. The number of benzene rings is 1. The molecule has 0 unspecified atom stereocenters. The van der Waals surface area contributed by atoms with Gasteiger partial charge < -0.3 is 0 Å². The van der Waals surface area contributed by atoms with E-state index in [4.69, 9.17) is 0 Å². The molecule has 1 aromatic rings. The Morgan fingerprint density at radius 1 is 1.27 bits per heavy atom. The Kier molecular flexibility index (Phi) is 4.09. The van der Waals surface area contributed by atoms with Crippen molar-refractivity contribution in [2.75, 3.05) is 0 Å². The third-order valence-corrected chi connectivity index (χ3v) is 4.10. The van der Waals surface area contributed by atoms with Crippen molar-refractivity contribution in [2.24, 2.45) is 0 Å². The molecule has 1 rings (SSSR count). The van der Waals surface area contributed by atoms with E-state index in [-0.39, 0.29) is 0 Å². The quantitative estimate of drug-likeness (QED) is 0.770. The Morgan fingerprint density at radius 2 is 1.87 bits per heavy atom. The summed E-state index contributed by atoms with van der Waals surface area (Å²) < 4.78 is 23.9. The third-order valence-electron chi connectivity index (χ3n) is 2.24. The molecule has 1 aromatic carbocycles. The molecule has 0 aliphatic heterocycles. The molecule has 0 aliphatic rings. The average molecular weight is 224 g/mol. The van der Waals surface area contributed by atoms with E-state index in [1.807, 2.05) is 6.92 Å². The lowest BCUT2D eigenvalue weighted by molar-refractivity contribution is 0.599. The lowest BCUT2D eigenvalue weighted by Crippen LogP contribution is -2.03. The van der Waals surface area contributed by atoms with E-state index in [2.05, 4.69) is 6.58 Å². The van der Waals surface area contributed by atoms with E-state index in [1.165, 1.54) is 0 Å². The second-order valence-electron chi connectivity index (χ2n) is 3.46. The molecule has 0 spiro atoms. The molecular formula is C12H16O2S. The normalized spacial score (nSPS) is 11.3. The van der Waals surface area contributed by atoms with Gasteiger partial charge in [-0.05, 0) is 25.0 Å². The van der Waals surface area contributed by atoms with Crippen molar-refractivity contribution in [3.05, 3.63) is 41.8 Å². The van der Waals surface area contributed by atoms with Crippen LogP contribution in [-0.2, 0) is 9.84 Å². The van der Waals surface area contributed by atoms with Gasteiger partial charge in [-0.1, -0.05) is 38.1 Å². The number of sulfone groups is 1. The number of hydrogen-bond donors (Lipinski definition) is 0. The Bertz CT molecular complexity index is 418. The Labute approximate surface area is 91.6 Å². The molecule has 3 heteroatoms. The van der Waals surface area contributed by atoms with Crippen LogP contribution in [0.4, 0.5) is 0 Å². The monoisotopic (exact) mass is 224 g/mol. The minimum absolute atomic E-state index is 0.315. The van der Waals surface area contributed by atoms with E-state index in [9.17, 15) is 8.42 Å². The molecule has 0 radical (unpaired) electrons. The smallest absolute Gasteiger partial charge is 0.202 e. The highest BCUT2D eigenvalue weighted by Crippen LogP contribution is 2.21. The number of rotatable bonds is 5. The molecule has 15 heavy (non-hydrogen) atoms. The Hall–Kier alpha value is -1.09. The zero-order valence-corrected chi connectivity index (χ0v) is 9.76. The molecule has 0 bridgehead atoms. The molecular weight excluding hydrogens is 208 g/mol. The summed E-state index contributed by atoms with van der Waals surface area (Å²) in [5.74, 6) is 0. The zero-order chi connectivity index (χ0) is 11.3. The van der Waals surface area contributed by atoms with Crippen LogP contribution in [0.5, 0.6) is 0 Å². The van der Waals surface area contributed by atoms with Crippen molar-refractivity contribution in [1.82, 2.24) is 0 Å². The fraction of sp³-hybridized carbons (Fsp3) is 0.333. The third kappa shape index (κ3) is 2.93. The first kappa shape index (κ1) is 12.0. The summed E-state index contributed by atoms with van der Waals surface area (Å²) >= 11 is 0. The van der Waals surface area contributed by atoms with Crippen LogP contribution in [0.25, 0.3) is 0 Å². The topological polar surface area (TPSA) is 34.1 Å². The maximum atomic E-state index is 11.9. The lowest BCUT2D eigenvalue weighted by atomic mass is 10.2. The van der Waals surface area contributed by atoms with Gasteiger partial charge in [0.1, 0.15) is 0 Å². The fourth-order valence-electron chi connectivity index (χ4n) is 1.27. The van der Waals surface area contributed by atoms with Crippen LogP contribution in [0.1, 0.15) is 26.2 Å². The minimum atomic E-state index is -3.31. The van der Waals surface area contributed by atoms with Crippen LogP contribution in [0.3, 0.4) is 0 Å². The van der Waals surface area contributed by atoms with Gasteiger partial charge in [0.15, 0.2) is 0 Å². The first-order chi connectivity index (χ1) is 7.09. The van der Waals surface area contributed by atoms with Gasteiger partial charge in [-0.2, -0.15) is 0 Å². The van der Waals surface area contributed by atoms with Gasteiger partial charge in [-0.15, -0.1) is 0 Å². The number of hydrogen-bond acceptors (Lipinski definition) is 2. The Balaban J connectivity index is 2.89. The molecule has 0 fully saturated rings. The molecule has 0 aromatic heterocycles. The van der Waals surface area contributed by atoms with E-state index in [1.54, 1.807) is 30.3 Å². The van der Waals surface area contributed by atoms with Gasteiger partial charge in [0.05, 0.1) is 4.90 Å². The summed E-state index contributed by atoms with van der Waals surface area (Å²) in [6.07, 6.45) is 2.39. The second kappa shape index (κ2) is 5.12. The van der Waals surface area contributed by atoms with Crippen molar-refractivity contribution in [1.29, 1.82) is 0 Å². The van der Waals surface area contributed by atoms with Crippen LogP contribution >= 0.6 is 0 Å².